The summed E-state index contributed by atoms with van der Waals surface area (Å²) < 4.78 is 1.71. The molecule has 0 amide bonds. The molecule has 0 bridgehead atoms. The molecule has 0 spiro atoms. The third-order valence-corrected chi connectivity index (χ3v) is 2.97. The molecule has 18 heavy (non-hydrogen) atoms. The molecule has 0 atom stereocenters. The first-order chi connectivity index (χ1) is 8.69. The lowest BCUT2D eigenvalue weighted by Crippen LogP contribution is -1.94. The molecule has 5 nitrogen and oxygen atoms in total. The number of H-pyrrole nitrogens is 1. The van der Waals surface area contributed by atoms with E-state index < -0.39 is 0 Å². The summed E-state index contributed by atoms with van der Waals surface area (Å²) in [7, 11) is 1.80. The number of aryl methyl sites for hydroxylation is 2. The Morgan fingerprint density at radius 3 is 3.00 bits per heavy atom. The maximum Gasteiger partial charge on any atom is 0.168 e. The van der Waals surface area contributed by atoms with Gasteiger partial charge in [-0.05, 0) is 19.1 Å². The van der Waals surface area contributed by atoms with Crippen LogP contribution < -0.4 is 0 Å². The second kappa shape index (κ2) is 3.80. The van der Waals surface area contributed by atoms with Gasteiger partial charge in [-0.3, -0.25) is 4.79 Å². The normalized spacial score (nSPS) is 11.0. The molecule has 3 aromatic rings. The van der Waals surface area contributed by atoms with E-state index in [1.807, 2.05) is 25.1 Å². The summed E-state index contributed by atoms with van der Waals surface area (Å²) in [6, 6.07) is 5.82. The van der Waals surface area contributed by atoms with Gasteiger partial charge in [-0.2, -0.15) is 0 Å². The molecule has 0 aliphatic carbocycles. The van der Waals surface area contributed by atoms with Crippen LogP contribution in [0.15, 0.2) is 24.5 Å². The van der Waals surface area contributed by atoms with Gasteiger partial charge in [0.1, 0.15) is 11.5 Å². The first-order valence-corrected chi connectivity index (χ1v) is 5.62. The number of rotatable bonds is 2. The molecule has 2 aromatic heterocycles. The van der Waals surface area contributed by atoms with E-state index in [2.05, 4.69) is 15.0 Å². The number of benzene rings is 1. The molecular formula is C13H12N4O. The summed E-state index contributed by atoms with van der Waals surface area (Å²) in [5.41, 5.74) is 4.05. The van der Waals surface area contributed by atoms with Crippen molar-refractivity contribution in [2.24, 2.45) is 7.05 Å². The average molecular weight is 240 g/mol. The van der Waals surface area contributed by atoms with E-state index >= 15 is 0 Å². The number of fused-ring (bicyclic) bond motifs is 1. The van der Waals surface area contributed by atoms with Gasteiger partial charge in [-0.1, -0.05) is 6.07 Å². The van der Waals surface area contributed by atoms with Crippen LogP contribution in [0.25, 0.3) is 22.3 Å². The molecule has 3 rings (SSSR count). The minimum atomic E-state index is 0.575. The summed E-state index contributed by atoms with van der Waals surface area (Å²) in [5.74, 6) is 0.874. The number of imidazole rings is 2. The number of aromatic amines is 1. The number of hydrogen-bond acceptors (Lipinski definition) is 3. The summed E-state index contributed by atoms with van der Waals surface area (Å²) in [6.45, 7) is 1.91. The van der Waals surface area contributed by atoms with Crippen LogP contribution in [0.5, 0.6) is 0 Å². The third-order valence-electron chi connectivity index (χ3n) is 2.97. The van der Waals surface area contributed by atoms with Crippen molar-refractivity contribution in [3.63, 3.8) is 0 Å². The van der Waals surface area contributed by atoms with Gasteiger partial charge in [-0.25, -0.2) is 9.97 Å². The number of hydrogen-bond donors (Lipinski definition) is 1. The summed E-state index contributed by atoms with van der Waals surface area (Å²) in [6.07, 6.45) is 2.46. The van der Waals surface area contributed by atoms with Gasteiger partial charge in [0, 0.05) is 12.6 Å². The zero-order chi connectivity index (χ0) is 12.7. The lowest BCUT2D eigenvalue weighted by atomic mass is 10.1. The Balaban J connectivity index is 2.21. The lowest BCUT2D eigenvalue weighted by Gasteiger charge is -1.99. The van der Waals surface area contributed by atoms with Crippen LogP contribution in [0.2, 0.25) is 0 Å². The minimum absolute atomic E-state index is 0.575. The Bertz CT molecular complexity index is 739. The van der Waals surface area contributed by atoms with Crippen LogP contribution in [0.1, 0.15) is 16.3 Å². The highest BCUT2D eigenvalue weighted by Crippen LogP contribution is 2.24. The van der Waals surface area contributed by atoms with E-state index in [9.17, 15) is 4.79 Å². The van der Waals surface area contributed by atoms with E-state index in [0.717, 1.165) is 28.7 Å². The molecule has 0 fully saturated rings. The highest BCUT2D eigenvalue weighted by atomic mass is 16.1. The van der Waals surface area contributed by atoms with Crippen molar-refractivity contribution in [2.75, 3.05) is 0 Å². The van der Waals surface area contributed by atoms with Crippen molar-refractivity contribution < 1.29 is 4.79 Å². The van der Waals surface area contributed by atoms with Crippen molar-refractivity contribution in [1.82, 2.24) is 19.5 Å². The topological polar surface area (TPSA) is 63.6 Å². The number of nitrogens with one attached hydrogen (secondary N) is 1. The number of carbonyl (C=O) groups is 1. The minimum Gasteiger partial charge on any atom is -0.342 e. The van der Waals surface area contributed by atoms with Crippen LogP contribution in [-0.4, -0.2) is 25.8 Å². The van der Waals surface area contributed by atoms with E-state index in [0.29, 0.717) is 11.4 Å². The predicted molar refractivity (Wildman–Crippen MR) is 68.4 cm³/mol. The van der Waals surface area contributed by atoms with Gasteiger partial charge >= 0.3 is 0 Å². The third kappa shape index (κ3) is 1.52. The van der Waals surface area contributed by atoms with Gasteiger partial charge in [0.2, 0.25) is 0 Å². The standard InChI is InChI=1S/C13H12N4O/c1-8-15-10-4-3-9(5-11(10)16-8)13-12(6-18)17(2)7-14-13/h3-7H,1-2H3,(H,15,16). The Labute approximate surface area is 103 Å². The van der Waals surface area contributed by atoms with Crippen molar-refractivity contribution in [2.45, 2.75) is 6.92 Å². The number of aldehydes is 1. The maximum absolute atomic E-state index is 11.1. The number of nitrogens with zero attached hydrogens (tertiary/aromatic N) is 3. The van der Waals surface area contributed by atoms with E-state index in [1.54, 1.807) is 17.9 Å². The quantitative estimate of drug-likeness (QED) is 0.697. The van der Waals surface area contributed by atoms with Crippen molar-refractivity contribution in [3.05, 3.63) is 36.0 Å². The highest BCUT2D eigenvalue weighted by Gasteiger charge is 2.11. The van der Waals surface area contributed by atoms with E-state index in [4.69, 9.17) is 0 Å². The Morgan fingerprint density at radius 1 is 1.39 bits per heavy atom. The molecule has 0 aliphatic heterocycles. The fraction of sp³-hybridized carbons (Fsp3) is 0.154. The molecule has 1 N–H and O–H groups in total. The smallest absolute Gasteiger partial charge is 0.168 e. The lowest BCUT2D eigenvalue weighted by molar-refractivity contribution is 0.111. The van der Waals surface area contributed by atoms with Gasteiger partial charge in [-0.15, -0.1) is 0 Å². The van der Waals surface area contributed by atoms with Gasteiger partial charge in [0.05, 0.1) is 23.1 Å². The molecule has 90 valence electrons. The fourth-order valence-electron chi connectivity index (χ4n) is 2.09. The van der Waals surface area contributed by atoms with Crippen molar-refractivity contribution in [1.29, 1.82) is 0 Å². The van der Waals surface area contributed by atoms with Gasteiger partial charge in [0.25, 0.3) is 0 Å². The molecule has 0 aliphatic rings. The van der Waals surface area contributed by atoms with Crippen LogP contribution in [0.4, 0.5) is 0 Å². The highest BCUT2D eigenvalue weighted by molar-refractivity contribution is 5.87. The average Bonchev–Trinajstić information content (AvgIpc) is 2.89. The maximum atomic E-state index is 11.1. The Kier molecular flexibility index (Phi) is 2.26. The molecular weight excluding hydrogens is 228 g/mol. The van der Waals surface area contributed by atoms with E-state index in [1.165, 1.54) is 0 Å². The van der Waals surface area contributed by atoms with Crippen molar-refractivity contribution >= 4 is 17.3 Å². The predicted octanol–water partition coefficient (Wildman–Crippen LogP) is 2.08. The molecule has 0 unspecified atom stereocenters. The SMILES string of the molecule is Cc1nc2ccc(-c3ncn(C)c3C=O)cc2[nH]1. The molecule has 0 radical (unpaired) electrons. The van der Waals surface area contributed by atoms with Crippen molar-refractivity contribution in [3.8, 4) is 11.3 Å². The second-order valence-electron chi connectivity index (χ2n) is 4.26. The summed E-state index contributed by atoms with van der Waals surface area (Å²) in [4.78, 5) is 22.9. The molecule has 0 saturated heterocycles. The van der Waals surface area contributed by atoms with Crippen LogP contribution in [0, 0.1) is 6.92 Å². The zero-order valence-electron chi connectivity index (χ0n) is 10.1. The molecule has 5 heteroatoms. The van der Waals surface area contributed by atoms with Crippen LogP contribution in [-0.2, 0) is 7.05 Å². The van der Waals surface area contributed by atoms with E-state index in [-0.39, 0.29) is 0 Å². The van der Waals surface area contributed by atoms with Crippen LogP contribution in [0.3, 0.4) is 0 Å². The second-order valence-corrected chi connectivity index (χ2v) is 4.26. The number of aromatic nitrogens is 4. The fourth-order valence-corrected chi connectivity index (χ4v) is 2.09. The molecule has 0 saturated carbocycles. The Morgan fingerprint density at radius 2 is 2.22 bits per heavy atom. The zero-order valence-corrected chi connectivity index (χ0v) is 10.1. The van der Waals surface area contributed by atoms with Crippen LogP contribution >= 0.6 is 0 Å². The van der Waals surface area contributed by atoms with Gasteiger partial charge < -0.3 is 9.55 Å². The first kappa shape index (κ1) is 10.7. The molecule has 2 heterocycles. The summed E-state index contributed by atoms with van der Waals surface area (Å²) in [5, 5.41) is 0. The molecule has 1 aromatic carbocycles. The largest absolute Gasteiger partial charge is 0.342 e. The number of carbonyl (C=O) groups excluding carboxylic acids is 1. The monoisotopic (exact) mass is 240 g/mol. The Hall–Kier alpha value is -2.43. The first-order valence-electron chi connectivity index (χ1n) is 5.62. The summed E-state index contributed by atoms with van der Waals surface area (Å²) >= 11 is 0. The van der Waals surface area contributed by atoms with Gasteiger partial charge in [0.15, 0.2) is 6.29 Å².